The molecule has 7 heteroatoms. The lowest BCUT2D eigenvalue weighted by Crippen LogP contribution is -2.44. The minimum absolute atomic E-state index is 0.0666. The third kappa shape index (κ3) is 2.52. The maximum atomic E-state index is 12.2. The molecule has 0 aliphatic rings. The number of anilines is 1. The van der Waals surface area contributed by atoms with Crippen molar-refractivity contribution in [1.82, 2.24) is 0 Å². The SMILES string of the molecule is N=C(N)c1ccc(NC(C(=O)O)(c2ccco2)c2ccco2)cc1. The van der Waals surface area contributed by atoms with E-state index in [-0.39, 0.29) is 17.4 Å². The first kappa shape index (κ1) is 15.4. The largest absolute Gasteiger partial charge is 0.479 e. The molecule has 2 heterocycles. The zero-order valence-corrected chi connectivity index (χ0v) is 12.5. The van der Waals surface area contributed by atoms with Crippen molar-refractivity contribution in [1.29, 1.82) is 5.41 Å². The molecule has 0 saturated heterocycles. The Morgan fingerprint density at radius 2 is 1.58 bits per heavy atom. The van der Waals surface area contributed by atoms with Gasteiger partial charge in [0, 0.05) is 11.3 Å². The predicted octanol–water partition coefficient (Wildman–Crippen LogP) is 2.60. The van der Waals surface area contributed by atoms with E-state index < -0.39 is 11.5 Å². The Balaban J connectivity index is 2.08. The number of nitrogen functional groups attached to an aromatic ring is 1. The van der Waals surface area contributed by atoms with E-state index in [1.165, 1.54) is 12.5 Å². The maximum Gasteiger partial charge on any atom is 0.345 e. The van der Waals surface area contributed by atoms with Gasteiger partial charge in [-0.1, -0.05) is 0 Å². The Hall–Kier alpha value is -3.48. The molecule has 2 aromatic heterocycles. The second-order valence-electron chi connectivity index (χ2n) is 5.13. The van der Waals surface area contributed by atoms with Crippen molar-refractivity contribution < 1.29 is 18.7 Å². The highest BCUT2D eigenvalue weighted by Gasteiger charge is 2.48. The Bertz CT molecular complexity index is 802. The highest BCUT2D eigenvalue weighted by molar-refractivity contribution is 5.95. The monoisotopic (exact) mass is 325 g/mol. The molecule has 1 aromatic carbocycles. The summed E-state index contributed by atoms with van der Waals surface area (Å²) in [7, 11) is 0. The zero-order valence-electron chi connectivity index (χ0n) is 12.5. The summed E-state index contributed by atoms with van der Waals surface area (Å²) < 4.78 is 10.7. The summed E-state index contributed by atoms with van der Waals surface area (Å²) in [6.07, 6.45) is 2.80. The molecular weight excluding hydrogens is 310 g/mol. The van der Waals surface area contributed by atoms with Gasteiger partial charge in [-0.05, 0) is 48.5 Å². The lowest BCUT2D eigenvalue weighted by atomic mass is 9.92. The fraction of sp³-hybridized carbons (Fsp3) is 0.0588. The average molecular weight is 325 g/mol. The molecule has 0 saturated carbocycles. The van der Waals surface area contributed by atoms with Crippen molar-refractivity contribution in [2.45, 2.75) is 5.54 Å². The number of hydrogen-bond acceptors (Lipinski definition) is 5. The van der Waals surface area contributed by atoms with Crippen molar-refractivity contribution in [3.8, 4) is 0 Å². The van der Waals surface area contributed by atoms with E-state index in [0.717, 1.165) is 0 Å². The van der Waals surface area contributed by atoms with Crippen LogP contribution in [0.25, 0.3) is 0 Å². The summed E-state index contributed by atoms with van der Waals surface area (Å²) >= 11 is 0. The molecule has 24 heavy (non-hydrogen) atoms. The molecule has 3 aromatic rings. The van der Waals surface area contributed by atoms with Crippen LogP contribution in [0.2, 0.25) is 0 Å². The Morgan fingerprint density at radius 3 is 1.96 bits per heavy atom. The van der Waals surface area contributed by atoms with Gasteiger partial charge in [-0.25, -0.2) is 4.79 Å². The Labute approximate surface area is 137 Å². The zero-order chi connectivity index (χ0) is 17.2. The van der Waals surface area contributed by atoms with Gasteiger partial charge < -0.3 is 25.0 Å². The number of carboxylic acids is 1. The Morgan fingerprint density at radius 1 is 1.04 bits per heavy atom. The maximum absolute atomic E-state index is 12.2. The molecule has 0 atom stereocenters. The third-order valence-corrected chi connectivity index (χ3v) is 3.63. The van der Waals surface area contributed by atoms with E-state index in [1.54, 1.807) is 48.5 Å². The van der Waals surface area contributed by atoms with Crippen molar-refractivity contribution in [3.05, 3.63) is 78.1 Å². The summed E-state index contributed by atoms with van der Waals surface area (Å²) in [5, 5.41) is 20.3. The smallest absolute Gasteiger partial charge is 0.345 e. The molecule has 0 amide bonds. The number of nitrogens with one attached hydrogen (secondary N) is 2. The fourth-order valence-corrected chi connectivity index (χ4v) is 2.44. The predicted molar refractivity (Wildman–Crippen MR) is 86.9 cm³/mol. The number of amidine groups is 1. The summed E-state index contributed by atoms with van der Waals surface area (Å²) in [5.74, 6) is -0.882. The van der Waals surface area contributed by atoms with Crippen LogP contribution < -0.4 is 11.1 Å². The third-order valence-electron chi connectivity index (χ3n) is 3.63. The van der Waals surface area contributed by atoms with Gasteiger partial charge in [0.2, 0.25) is 0 Å². The van der Waals surface area contributed by atoms with Crippen molar-refractivity contribution >= 4 is 17.5 Å². The standard InChI is InChI=1S/C17H15N3O4/c18-15(19)11-5-7-12(8-6-11)20-17(16(21)22,13-3-1-9-23-13)14-4-2-10-24-14/h1-10,20H,(H3,18,19)(H,21,22). The second kappa shape index (κ2) is 5.96. The second-order valence-corrected chi connectivity index (χ2v) is 5.13. The van der Waals surface area contributed by atoms with Crippen LogP contribution >= 0.6 is 0 Å². The molecule has 0 radical (unpaired) electrons. The van der Waals surface area contributed by atoms with Crippen LogP contribution in [0.5, 0.6) is 0 Å². The molecule has 0 aliphatic heterocycles. The summed E-state index contributed by atoms with van der Waals surface area (Å²) in [6, 6.07) is 12.9. The summed E-state index contributed by atoms with van der Waals surface area (Å²) in [5.41, 5.74) is 4.76. The van der Waals surface area contributed by atoms with E-state index in [0.29, 0.717) is 11.3 Å². The molecule has 0 bridgehead atoms. The fourth-order valence-electron chi connectivity index (χ4n) is 2.44. The first-order valence-corrected chi connectivity index (χ1v) is 7.08. The average Bonchev–Trinajstić information content (AvgIpc) is 3.26. The summed E-state index contributed by atoms with van der Waals surface area (Å²) in [4.78, 5) is 12.2. The van der Waals surface area contributed by atoms with Gasteiger partial charge >= 0.3 is 5.97 Å². The lowest BCUT2D eigenvalue weighted by molar-refractivity contribution is -0.142. The molecule has 0 fully saturated rings. The number of furan rings is 2. The number of benzene rings is 1. The molecular formula is C17H15N3O4. The number of rotatable bonds is 6. The normalized spacial score (nSPS) is 11.2. The van der Waals surface area contributed by atoms with Gasteiger partial charge in [0.25, 0.3) is 5.54 Å². The van der Waals surface area contributed by atoms with Crippen LogP contribution in [-0.2, 0) is 10.3 Å². The van der Waals surface area contributed by atoms with Crippen LogP contribution in [0.1, 0.15) is 17.1 Å². The minimum atomic E-state index is -1.72. The van der Waals surface area contributed by atoms with E-state index in [9.17, 15) is 9.90 Å². The molecule has 0 spiro atoms. The summed E-state index contributed by atoms with van der Waals surface area (Å²) in [6.45, 7) is 0. The lowest BCUT2D eigenvalue weighted by Gasteiger charge is -2.27. The van der Waals surface area contributed by atoms with Crippen LogP contribution in [0.3, 0.4) is 0 Å². The quantitative estimate of drug-likeness (QED) is 0.408. The van der Waals surface area contributed by atoms with Gasteiger partial charge in [-0.2, -0.15) is 0 Å². The minimum Gasteiger partial charge on any atom is -0.479 e. The molecule has 0 unspecified atom stereocenters. The van der Waals surface area contributed by atoms with Crippen LogP contribution in [0.4, 0.5) is 5.69 Å². The number of hydrogen-bond donors (Lipinski definition) is 4. The molecule has 0 aliphatic carbocycles. The van der Waals surface area contributed by atoms with Crippen LogP contribution in [0, 0.1) is 5.41 Å². The highest BCUT2D eigenvalue weighted by Crippen LogP contribution is 2.35. The first-order valence-electron chi connectivity index (χ1n) is 7.08. The molecule has 3 rings (SSSR count). The number of carbonyl (C=O) groups is 1. The van der Waals surface area contributed by atoms with E-state index >= 15 is 0 Å². The van der Waals surface area contributed by atoms with Gasteiger partial charge in [0.05, 0.1) is 12.5 Å². The van der Waals surface area contributed by atoms with Crippen molar-refractivity contribution in [2.24, 2.45) is 5.73 Å². The molecule has 5 N–H and O–H groups in total. The van der Waals surface area contributed by atoms with E-state index in [1.807, 2.05) is 0 Å². The Kier molecular flexibility index (Phi) is 3.83. The van der Waals surface area contributed by atoms with Crippen LogP contribution in [0.15, 0.2) is 69.9 Å². The van der Waals surface area contributed by atoms with Gasteiger partial charge in [-0.15, -0.1) is 0 Å². The highest BCUT2D eigenvalue weighted by atomic mass is 16.4. The van der Waals surface area contributed by atoms with E-state index in [2.05, 4.69) is 5.32 Å². The van der Waals surface area contributed by atoms with Gasteiger partial charge in [0.1, 0.15) is 17.4 Å². The molecule has 122 valence electrons. The van der Waals surface area contributed by atoms with Crippen molar-refractivity contribution in [2.75, 3.05) is 5.32 Å². The van der Waals surface area contributed by atoms with Gasteiger partial charge in [0.15, 0.2) is 0 Å². The van der Waals surface area contributed by atoms with Crippen molar-refractivity contribution in [3.63, 3.8) is 0 Å². The first-order chi connectivity index (χ1) is 11.5. The number of aliphatic carboxylic acids is 1. The topological polar surface area (TPSA) is 125 Å². The van der Waals surface area contributed by atoms with Crippen LogP contribution in [-0.4, -0.2) is 16.9 Å². The number of carboxylic acid groups (broad SMARTS) is 1. The molecule has 7 nitrogen and oxygen atoms in total. The van der Waals surface area contributed by atoms with Gasteiger partial charge in [-0.3, -0.25) is 5.41 Å². The van der Waals surface area contributed by atoms with E-state index in [4.69, 9.17) is 20.0 Å². The number of nitrogens with two attached hydrogens (primary N) is 1.